The molecule has 1 saturated heterocycles. The monoisotopic (exact) mass is 455 g/mol. The highest BCUT2D eigenvalue weighted by molar-refractivity contribution is 6.12. The van der Waals surface area contributed by atoms with Gasteiger partial charge in [0.2, 0.25) is 5.91 Å². The Morgan fingerprint density at radius 2 is 1.62 bits per heavy atom. The molecule has 34 heavy (non-hydrogen) atoms. The third-order valence-corrected chi connectivity index (χ3v) is 5.49. The highest BCUT2D eigenvalue weighted by atomic mass is 16.5. The van der Waals surface area contributed by atoms with Crippen molar-refractivity contribution in [3.05, 3.63) is 101 Å². The van der Waals surface area contributed by atoms with Crippen molar-refractivity contribution in [1.29, 1.82) is 0 Å². The maximum absolute atomic E-state index is 12.9. The third-order valence-electron chi connectivity index (χ3n) is 5.49. The lowest BCUT2D eigenvalue weighted by Gasteiger charge is -2.27. The minimum atomic E-state index is -0.361. The predicted octanol–water partition coefficient (Wildman–Crippen LogP) is 2.87. The number of nitrogens with one attached hydrogen (secondary N) is 2. The summed E-state index contributed by atoms with van der Waals surface area (Å²) in [6, 6.07) is 25.0. The first kappa shape index (κ1) is 23.0. The summed E-state index contributed by atoms with van der Waals surface area (Å²) >= 11 is 0. The smallest absolute Gasteiger partial charge is 0.256 e. The van der Waals surface area contributed by atoms with Gasteiger partial charge in [-0.3, -0.25) is 14.4 Å². The molecule has 4 rings (SSSR count). The van der Waals surface area contributed by atoms with Crippen molar-refractivity contribution in [3.8, 4) is 0 Å². The highest BCUT2D eigenvalue weighted by Crippen LogP contribution is 2.17. The SMILES string of the molecule is O=C(Cc1ccc(NC(=O)c2ccccc2C(=O)N2CCOCC2)cc1)NCc1cc#ccc1. The molecule has 0 saturated carbocycles. The molecule has 2 N–H and O–H groups in total. The molecule has 1 fully saturated rings. The third kappa shape index (κ3) is 6.00. The fourth-order valence-corrected chi connectivity index (χ4v) is 3.65. The zero-order valence-electron chi connectivity index (χ0n) is 18.7. The van der Waals surface area contributed by atoms with E-state index in [-0.39, 0.29) is 24.1 Å². The van der Waals surface area contributed by atoms with E-state index in [4.69, 9.17) is 4.74 Å². The number of hydrogen-bond donors (Lipinski definition) is 2. The summed E-state index contributed by atoms with van der Waals surface area (Å²) in [6.07, 6.45) is 0.230. The van der Waals surface area contributed by atoms with Crippen molar-refractivity contribution in [2.45, 2.75) is 13.0 Å². The van der Waals surface area contributed by atoms with Crippen molar-refractivity contribution < 1.29 is 19.1 Å². The van der Waals surface area contributed by atoms with Crippen LogP contribution in [0.2, 0.25) is 0 Å². The Bertz CT molecular complexity index is 1140. The van der Waals surface area contributed by atoms with Crippen LogP contribution in [0.15, 0.2) is 66.7 Å². The molecule has 0 aromatic heterocycles. The Morgan fingerprint density at radius 3 is 2.32 bits per heavy atom. The van der Waals surface area contributed by atoms with Gasteiger partial charge in [0, 0.05) is 25.3 Å². The van der Waals surface area contributed by atoms with E-state index >= 15 is 0 Å². The van der Waals surface area contributed by atoms with Crippen LogP contribution in [0, 0.1) is 12.1 Å². The van der Waals surface area contributed by atoms with Gasteiger partial charge in [-0.1, -0.05) is 36.4 Å². The zero-order valence-corrected chi connectivity index (χ0v) is 18.7. The molecule has 1 aliphatic rings. The van der Waals surface area contributed by atoms with Crippen molar-refractivity contribution in [1.82, 2.24) is 10.2 Å². The first-order valence-corrected chi connectivity index (χ1v) is 11.1. The molecule has 172 valence electrons. The lowest BCUT2D eigenvalue weighted by molar-refractivity contribution is -0.120. The van der Waals surface area contributed by atoms with Gasteiger partial charge >= 0.3 is 0 Å². The van der Waals surface area contributed by atoms with Gasteiger partial charge in [-0.05, 0) is 53.6 Å². The molecule has 7 heteroatoms. The summed E-state index contributed by atoms with van der Waals surface area (Å²) in [5.74, 6) is -0.637. The van der Waals surface area contributed by atoms with Crippen molar-refractivity contribution in [2.24, 2.45) is 0 Å². The number of benzene rings is 2. The molecular formula is C27H25N3O4. The van der Waals surface area contributed by atoms with Crippen LogP contribution in [0.5, 0.6) is 0 Å². The van der Waals surface area contributed by atoms with Gasteiger partial charge in [-0.2, -0.15) is 0 Å². The molecule has 0 radical (unpaired) electrons. The van der Waals surface area contributed by atoms with Crippen molar-refractivity contribution in [2.75, 3.05) is 31.6 Å². The van der Waals surface area contributed by atoms with E-state index in [0.717, 1.165) is 11.1 Å². The number of morpholine rings is 1. The van der Waals surface area contributed by atoms with Gasteiger partial charge in [0.05, 0.1) is 30.8 Å². The van der Waals surface area contributed by atoms with Gasteiger partial charge in [0.25, 0.3) is 11.8 Å². The molecule has 0 aliphatic carbocycles. The summed E-state index contributed by atoms with van der Waals surface area (Å²) in [4.78, 5) is 39.8. The summed E-state index contributed by atoms with van der Waals surface area (Å²) in [6.45, 7) is 2.43. The summed E-state index contributed by atoms with van der Waals surface area (Å²) in [7, 11) is 0. The van der Waals surface area contributed by atoms with E-state index in [2.05, 4.69) is 22.8 Å². The Kier molecular flexibility index (Phi) is 7.53. The van der Waals surface area contributed by atoms with Crippen LogP contribution >= 0.6 is 0 Å². The Hall–Kier alpha value is -4.15. The molecule has 3 aromatic rings. The van der Waals surface area contributed by atoms with Crippen LogP contribution in [-0.2, 0) is 22.5 Å². The minimum Gasteiger partial charge on any atom is -0.378 e. The molecule has 3 amide bonds. The summed E-state index contributed by atoms with van der Waals surface area (Å²) in [5.41, 5.74) is 3.05. The predicted molar refractivity (Wildman–Crippen MR) is 127 cm³/mol. The normalized spacial score (nSPS) is 13.0. The first-order valence-electron chi connectivity index (χ1n) is 11.1. The summed E-state index contributed by atoms with van der Waals surface area (Å²) < 4.78 is 5.31. The molecule has 3 aromatic carbocycles. The average Bonchev–Trinajstić information content (AvgIpc) is 2.89. The molecule has 7 nitrogen and oxygen atoms in total. The van der Waals surface area contributed by atoms with Crippen LogP contribution in [0.3, 0.4) is 0 Å². The molecule has 0 atom stereocenters. The molecule has 1 heterocycles. The van der Waals surface area contributed by atoms with Crippen molar-refractivity contribution in [3.63, 3.8) is 0 Å². The molecule has 0 unspecified atom stereocenters. The number of carbonyl (C=O) groups is 3. The van der Waals surface area contributed by atoms with Crippen LogP contribution in [-0.4, -0.2) is 48.9 Å². The maximum Gasteiger partial charge on any atom is 0.256 e. The maximum atomic E-state index is 12.9. The van der Waals surface area contributed by atoms with Crippen molar-refractivity contribution >= 4 is 23.4 Å². The quantitative estimate of drug-likeness (QED) is 0.574. The van der Waals surface area contributed by atoms with Gasteiger partial charge in [0.1, 0.15) is 0 Å². The molecule has 1 aliphatic heterocycles. The largest absolute Gasteiger partial charge is 0.378 e. The zero-order chi connectivity index (χ0) is 23.8. The Labute approximate surface area is 198 Å². The minimum absolute atomic E-state index is 0.0971. The second-order valence-electron chi connectivity index (χ2n) is 7.90. The van der Waals surface area contributed by atoms with E-state index < -0.39 is 0 Å². The number of amides is 3. The van der Waals surface area contributed by atoms with Gasteiger partial charge in [0.15, 0.2) is 0 Å². The van der Waals surface area contributed by atoms with E-state index in [0.29, 0.717) is 49.7 Å². The summed E-state index contributed by atoms with van der Waals surface area (Å²) in [5, 5.41) is 5.72. The van der Waals surface area contributed by atoms with E-state index in [1.807, 2.05) is 6.07 Å². The van der Waals surface area contributed by atoms with Crippen LogP contribution < -0.4 is 10.6 Å². The average molecular weight is 456 g/mol. The Morgan fingerprint density at radius 1 is 0.882 bits per heavy atom. The van der Waals surface area contributed by atoms with Crippen LogP contribution in [0.4, 0.5) is 5.69 Å². The fraction of sp³-hybridized carbons (Fsp3) is 0.222. The highest BCUT2D eigenvalue weighted by Gasteiger charge is 2.23. The molecule has 0 spiro atoms. The lowest BCUT2D eigenvalue weighted by atomic mass is 10.0. The number of nitrogens with zero attached hydrogens (tertiary/aromatic N) is 1. The van der Waals surface area contributed by atoms with Gasteiger partial charge in [-0.25, -0.2) is 0 Å². The number of anilines is 1. The number of hydrogen-bond acceptors (Lipinski definition) is 4. The molecular weight excluding hydrogens is 430 g/mol. The topological polar surface area (TPSA) is 87.7 Å². The number of rotatable bonds is 7. The number of ether oxygens (including phenoxy) is 1. The standard InChI is InChI=1S/C27H25N3O4/c31-25(28-19-21-6-2-1-3-7-21)18-20-10-12-22(13-11-20)29-26(32)23-8-4-5-9-24(23)27(33)30-14-16-34-17-15-30/h2,4-13H,14-19H2,(H,28,31)(H,29,32). The van der Waals surface area contributed by atoms with Gasteiger partial charge in [-0.15, -0.1) is 0 Å². The number of carbonyl (C=O) groups excluding carboxylic acids is 3. The second kappa shape index (κ2) is 11.1. The van der Waals surface area contributed by atoms with E-state index in [9.17, 15) is 14.4 Å². The van der Waals surface area contributed by atoms with E-state index in [1.165, 1.54) is 0 Å². The fourth-order valence-electron chi connectivity index (χ4n) is 3.65. The van der Waals surface area contributed by atoms with Crippen LogP contribution in [0.25, 0.3) is 0 Å². The van der Waals surface area contributed by atoms with Gasteiger partial charge < -0.3 is 20.3 Å². The first-order chi connectivity index (χ1) is 16.6. The second-order valence-corrected chi connectivity index (χ2v) is 7.90. The molecule has 0 bridgehead atoms. The van der Waals surface area contributed by atoms with E-state index in [1.54, 1.807) is 65.6 Å². The van der Waals surface area contributed by atoms with Crippen LogP contribution in [0.1, 0.15) is 31.8 Å². The Balaban J connectivity index is 1.35. The lowest BCUT2D eigenvalue weighted by Crippen LogP contribution is -2.41.